The van der Waals surface area contributed by atoms with Crippen LogP contribution in [0.2, 0.25) is 0 Å². The van der Waals surface area contributed by atoms with Crippen LogP contribution in [-0.2, 0) is 0 Å². The van der Waals surface area contributed by atoms with Crippen LogP contribution in [0.5, 0.6) is 0 Å². The maximum absolute atomic E-state index is 13.5. The fourth-order valence-corrected chi connectivity index (χ4v) is 1.72. The number of rotatable bonds is 6. The molecule has 0 aliphatic rings. The maximum Gasteiger partial charge on any atom is 0.127 e. The van der Waals surface area contributed by atoms with Crippen molar-refractivity contribution in [1.82, 2.24) is 4.90 Å². The first kappa shape index (κ1) is 13.1. The Hall–Kier alpha value is -0.930. The van der Waals surface area contributed by atoms with Crippen molar-refractivity contribution in [2.24, 2.45) is 0 Å². The lowest BCUT2D eigenvalue weighted by Crippen LogP contribution is -2.24. The molecular formula is C13H20FNO. The van der Waals surface area contributed by atoms with E-state index in [1.165, 1.54) is 6.07 Å². The Labute approximate surface area is 96.7 Å². The van der Waals surface area contributed by atoms with Gasteiger partial charge in [0.25, 0.3) is 0 Å². The second-order valence-electron chi connectivity index (χ2n) is 4.11. The summed E-state index contributed by atoms with van der Waals surface area (Å²) >= 11 is 0. The molecule has 2 nitrogen and oxygen atoms in total. The Morgan fingerprint density at radius 1 is 1.31 bits per heavy atom. The maximum atomic E-state index is 13.5. The van der Waals surface area contributed by atoms with Crippen molar-refractivity contribution in [1.29, 1.82) is 0 Å². The first-order valence-electron chi connectivity index (χ1n) is 5.72. The molecule has 3 heteroatoms. The van der Waals surface area contributed by atoms with Crippen molar-refractivity contribution < 1.29 is 9.50 Å². The van der Waals surface area contributed by atoms with Crippen LogP contribution in [0, 0.1) is 5.82 Å². The van der Waals surface area contributed by atoms with Gasteiger partial charge in [0, 0.05) is 18.2 Å². The molecule has 0 bridgehead atoms. The predicted molar refractivity (Wildman–Crippen MR) is 63.8 cm³/mol. The summed E-state index contributed by atoms with van der Waals surface area (Å²) in [6.45, 7) is 3.09. The van der Waals surface area contributed by atoms with E-state index < -0.39 is 0 Å². The molecule has 1 rings (SSSR count). The number of benzene rings is 1. The summed E-state index contributed by atoms with van der Waals surface area (Å²) < 4.78 is 13.5. The third-order valence-corrected chi connectivity index (χ3v) is 2.94. The van der Waals surface area contributed by atoms with Crippen molar-refractivity contribution >= 4 is 0 Å². The SMILES string of the molecule is CC(c1ccccc1F)N(C)CCCCO. The zero-order valence-corrected chi connectivity index (χ0v) is 9.99. The van der Waals surface area contributed by atoms with Crippen molar-refractivity contribution in [2.45, 2.75) is 25.8 Å². The van der Waals surface area contributed by atoms with Gasteiger partial charge in [0.05, 0.1) is 0 Å². The summed E-state index contributed by atoms with van der Waals surface area (Å²) in [5, 5.41) is 8.70. The van der Waals surface area contributed by atoms with E-state index in [1.807, 2.05) is 26.1 Å². The number of halogens is 1. The van der Waals surface area contributed by atoms with E-state index in [0.717, 1.165) is 24.9 Å². The van der Waals surface area contributed by atoms with Crippen molar-refractivity contribution in [3.63, 3.8) is 0 Å². The molecule has 90 valence electrons. The molecule has 1 atom stereocenters. The molecule has 0 saturated carbocycles. The summed E-state index contributed by atoms with van der Waals surface area (Å²) in [4.78, 5) is 2.11. The molecule has 0 heterocycles. The Morgan fingerprint density at radius 3 is 2.62 bits per heavy atom. The Bertz CT molecular complexity index is 317. The van der Waals surface area contributed by atoms with Gasteiger partial charge in [0.15, 0.2) is 0 Å². The quantitative estimate of drug-likeness (QED) is 0.752. The van der Waals surface area contributed by atoms with Crippen LogP contribution in [0.1, 0.15) is 31.4 Å². The molecule has 0 spiro atoms. The minimum absolute atomic E-state index is 0.0693. The Balaban J connectivity index is 2.56. The molecule has 0 saturated heterocycles. The summed E-state index contributed by atoms with van der Waals surface area (Å²) in [6, 6.07) is 6.95. The van der Waals surface area contributed by atoms with Crippen LogP contribution >= 0.6 is 0 Å². The zero-order valence-electron chi connectivity index (χ0n) is 9.99. The number of hydrogen-bond acceptors (Lipinski definition) is 2. The number of aliphatic hydroxyl groups is 1. The average Bonchev–Trinajstić information content (AvgIpc) is 2.29. The standard InChI is InChI=1S/C13H20FNO/c1-11(15(2)9-5-6-10-16)12-7-3-4-8-13(12)14/h3-4,7-8,11,16H,5-6,9-10H2,1-2H3. The van der Waals surface area contributed by atoms with E-state index in [4.69, 9.17) is 5.11 Å². The van der Waals surface area contributed by atoms with Crippen LogP contribution in [0.25, 0.3) is 0 Å². The molecule has 0 aliphatic carbocycles. The molecule has 0 radical (unpaired) electrons. The number of hydrogen-bond donors (Lipinski definition) is 1. The zero-order chi connectivity index (χ0) is 12.0. The van der Waals surface area contributed by atoms with Gasteiger partial charge in [0.2, 0.25) is 0 Å². The number of nitrogens with zero attached hydrogens (tertiary/aromatic N) is 1. The monoisotopic (exact) mass is 225 g/mol. The minimum atomic E-state index is -0.149. The summed E-state index contributed by atoms with van der Waals surface area (Å²) in [6.07, 6.45) is 1.74. The lowest BCUT2D eigenvalue weighted by atomic mass is 10.1. The molecule has 0 aromatic heterocycles. The van der Waals surface area contributed by atoms with Crippen LogP contribution in [0.3, 0.4) is 0 Å². The van der Waals surface area contributed by atoms with E-state index in [1.54, 1.807) is 6.07 Å². The highest BCUT2D eigenvalue weighted by molar-refractivity contribution is 5.20. The van der Waals surface area contributed by atoms with Gasteiger partial charge in [-0.05, 0) is 39.4 Å². The minimum Gasteiger partial charge on any atom is -0.396 e. The second kappa shape index (κ2) is 6.61. The third-order valence-electron chi connectivity index (χ3n) is 2.94. The van der Waals surface area contributed by atoms with E-state index in [0.29, 0.717) is 0 Å². The van der Waals surface area contributed by atoms with Gasteiger partial charge in [-0.25, -0.2) is 4.39 Å². The lowest BCUT2D eigenvalue weighted by molar-refractivity contribution is 0.231. The largest absolute Gasteiger partial charge is 0.396 e. The highest BCUT2D eigenvalue weighted by atomic mass is 19.1. The number of aliphatic hydroxyl groups excluding tert-OH is 1. The Morgan fingerprint density at radius 2 is 2.00 bits per heavy atom. The van der Waals surface area contributed by atoms with E-state index >= 15 is 0 Å². The highest BCUT2D eigenvalue weighted by Gasteiger charge is 2.14. The van der Waals surface area contributed by atoms with Gasteiger partial charge in [-0.2, -0.15) is 0 Å². The van der Waals surface area contributed by atoms with Gasteiger partial charge in [0.1, 0.15) is 5.82 Å². The van der Waals surface area contributed by atoms with Gasteiger partial charge >= 0.3 is 0 Å². The topological polar surface area (TPSA) is 23.5 Å². The highest BCUT2D eigenvalue weighted by Crippen LogP contribution is 2.21. The van der Waals surface area contributed by atoms with Crippen LogP contribution in [0.4, 0.5) is 4.39 Å². The molecule has 0 fully saturated rings. The molecule has 0 amide bonds. The Kier molecular flexibility index (Phi) is 5.43. The summed E-state index contributed by atoms with van der Waals surface area (Å²) in [5.74, 6) is -0.149. The lowest BCUT2D eigenvalue weighted by Gasteiger charge is -2.25. The molecular weight excluding hydrogens is 205 g/mol. The molecule has 1 aromatic rings. The molecule has 1 aromatic carbocycles. The van der Waals surface area contributed by atoms with Gasteiger partial charge in [-0.1, -0.05) is 18.2 Å². The molecule has 16 heavy (non-hydrogen) atoms. The second-order valence-corrected chi connectivity index (χ2v) is 4.11. The average molecular weight is 225 g/mol. The van der Waals surface area contributed by atoms with Gasteiger partial charge < -0.3 is 5.11 Å². The fourth-order valence-electron chi connectivity index (χ4n) is 1.72. The first-order valence-corrected chi connectivity index (χ1v) is 5.72. The van der Waals surface area contributed by atoms with Crippen LogP contribution < -0.4 is 0 Å². The van der Waals surface area contributed by atoms with E-state index in [9.17, 15) is 4.39 Å². The van der Waals surface area contributed by atoms with Crippen molar-refractivity contribution in [3.05, 3.63) is 35.6 Å². The predicted octanol–water partition coefficient (Wildman–Crippen LogP) is 2.59. The summed E-state index contributed by atoms with van der Waals surface area (Å²) in [7, 11) is 1.98. The van der Waals surface area contributed by atoms with Crippen molar-refractivity contribution in [2.75, 3.05) is 20.2 Å². The van der Waals surface area contributed by atoms with Crippen molar-refractivity contribution in [3.8, 4) is 0 Å². The van der Waals surface area contributed by atoms with Crippen LogP contribution in [-0.4, -0.2) is 30.2 Å². The third kappa shape index (κ3) is 3.58. The van der Waals surface area contributed by atoms with E-state index in [2.05, 4.69) is 4.90 Å². The van der Waals surface area contributed by atoms with Gasteiger partial charge in [-0.3, -0.25) is 4.90 Å². The molecule has 1 unspecified atom stereocenters. The number of unbranched alkanes of at least 4 members (excludes halogenated alkanes) is 1. The first-order chi connectivity index (χ1) is 7.66. The molecule has 1 N–H and O–H groups in total. The normalized spacial score (nSPS) is 13.1. The van der Waals surface area contributed by atoms with E-state index in [-0.39, 0.29) is 18.5 Å². The molecule has 0 aliphatic heterocycles. The van der Waals surface area contributed by atoms with Crippen LogP contribution in [0.15, 0.2) is 24.3 Å². The van der Waals surface area contributed by atoms with Gasteiger partial charge in [-0.15, -0.1) is 0 Å². The fraction of sp³-hybridized carbons (Fsp3) is 0.538. The smallest absolute Gasteiger partial charge is 0.127 e. The summed E-state index contributed by atoms with van der Waals surface area (Å²) in [5.41, 5.74) is 0.731.